The lowest BCUT2D eigenvalue weighted by atomic mass is 10.1. The molecular formula is C13H12BrCl2N3O. The molecule has 0 saturated heterocycles. The first-order chi connectivity index (χ1) is 9.10. The van der Waals surface area contributed by atoms with Crippen LogP contribution in [0.25, 0.3) is 0 Å². The minimum atomic E-state index is -0.115. The summed E-state index contributed by atoms with van der Waals surface area (Å²) in [6.07, 6.45) is 5.13. The van der Waals surface area contributed by atoms with Crippen molar-refractivity contribution in [1.29, 1.82) is 0 Å². The average Bonchev–Trinajstić information content (AvgIpc) is 2.76. The molecule has 0 amide bonds. The molecule has 0 N–H and O–H groups in total. The third-order valence-corrected chi connectivity index (χ3v) is 3.05. The van der Waals surface area contributed by atoms with Crippen LogP contribution in [0.4, 0.5) is 0 Å². The molecule has 20 heavy (non-hydrogen) atoms. The normalized spacial score (nSPS) is 9.90. The van der Waals surface area contributed by atoms with Gasteiger partial charge < -0.3 is 17.0 Å². The van der Waals surface area contributed by atoms with E-state index in [-0.39, 0.29) is 29.3 Å². The van der Waals surface area contributed by atoms with Crippen LogP contribution in [0.3, 0.4) is 0 Å². The molecule has 0 spiro atoms. The smallest absolute Gasteiger partial charge is 0.265 e. The second-order valence-corrected chi connectivity index (χ2v) is 4.82. The monoisotopic (exact) mass is 375 g/mol. The Balaban J connectivity index is 0.00000200. The standard InChI is InChI=1S/C13H12Cl2N3O.BrH/c1-2-5-17-8-16-18(9-17)7-13(19)11-4-3-10(14)6-12(11)15;/h2-4,6,8-9H,1,5,7H2;1H/q+1;/p-1. The molecule has 2 aromatic rings. The highest BCUT2D eigenvalue weighted by atomic mass is 79.9. The number of ketones is 1. The van der Waals surface area contributed by atoms with Gasteiger partial charge in [0.1, 0.15) is 0 Å². The third-order valence-electron chi connectivity index (χ3n) is 2.51. The van der Waals surface area contributed by atoms with Crippen molar-refractivity contribution in [2.75, 3.05) is 0 Å². The van der Waals surface area contributed by atoms with Crippen molar-refractivity contribution in [2.45, 2.75) is 13.1 Å². The fourth-order valence-electron chi connectivity index (χ4n) is 1.64. The first-order valence-corrected chi connectivity index (χ1v) is 6.36. The maximum absolute atomic E-state index is 12.1. The van der Waals surface area contributed by atoms with Crippen LogP contribution in [0.15, 0.2) is 43.5 Å². The van der Waals surface area contributed by atoms with Crippen molar-refractivity contribution in [2.24, 2.45) is 0 Å². The van der Waals surface area contributed by atoms with Gasteiger partial charge in [-0.2, -0.15) is 0 Å². The lowest BCUT2D eigenvalue weighted by Crippen LogP contribution is -3.00. The van der Waals surface area contributed by atoms with Gasteiger partial charge in [0.05, 0.1) is 11.6 Å². The molecule has 0 aliphatic carbocycles. The van der Waals surface area contributed by atoms with E-state index >= 15 is 0 Å². The highest BCUT2D eigenvalue weighted by Gasteiger charge is 2.15. The molecule has 106 valence electrons. The van der Waals surface area contributed by atoms with E-state index in [0.29, 0.717) is 22.2 Å². The summed E-state index contributed by atoms with van der Waals surface area (Å²) in [6.45, 7) is 4.42. The average molecular weight is 377 g/mol. The van der Waals surface area contributed by atoms with E-state index in [0.717, 1.165) is 0 Å². The van der Waals surface area contributed by atoms with Crippen molar-refractivity contribution in [3.05, 3.63) is 59.1 Å². The molecule has 2 rings (SSSR count). The third kappa shape index (κ3) is 4.16. The fraction of sp³-hybridized carbons (Fsp3) is 0.154. The molecular weight excluding hydrogens is 365 g/mol. The number of hydrogen-bond donors (Lipinski definition) is 0. The largest absolute Gasteiger partial charge is 1.00 e. The first kappa shape index (κ1) is 16.9. The van der Waals surface area contributed by atoms with Gasteiger partial charge in [0.2, 0.25) is 12.1 Å². The number of rotatable bonds is 5. The number of aromatic nitrogens is 3. The summed E-state index contributed by atoms with van der Waals surface area (Å²) in [5, 5.41) is 4.94. The van der Waals surface area contributed by atoms with Crippen LogP contribution >= 0.6 is 23.2 Å². The molecule has 1 heterocycles. The van der Waals surface area contributed by atoms with Gasteiger partial charge in [-0.1, -0.05) is 35.9 Å². The first-order valence-electron chi connectivity index (χ1n) is 5.61. The zero-order valence-corrected chi connectivity index (χ0v) is 13.6. The van der Waals surface area contributed by atoms with Gasteiger partial charge in [-0.25, -0.2) is 4.57 Å². The van der Waals surface area contributed by atoms with E-state index in [4.69, 9.17) is 23.2 Å². The zero-order valence-electron chi connectivity index (χ0n) is 10.5. The second kappa shape index (κ2) is 7.57. The van der Waals surface area contributed by atoms with E-state index in [9.17, 15) is 4.79 Å². The van der Waals surface area contributed by atoms with Crippen molar-refractivity contribution in [3.8, 4) is 0 Å². The van der Waals surface area contributed by atoms with Crippen molar-refractivity contribution < 1.29 is 26.3 Å². The summed E-state index contributed by atoms with van der Waals surface area (Å²) in [5.74, 6) is -0.115. The molecule has 0 aliphatic heterocycles. The van der Waals surface area contributed by atoms with Crippen molar-refractivity contribution in [3.63, 3.8) is 0 Å². The van der Waals surface area contributed by atoms with E-state index in [1.54, 1.807) is 41.6 Å². The van der Waals surface area contributed by atoms with Gasteiger partial charge in [0.15, 0.2) is 6.54 Å². The Morgan fingerprint density at radius 2 is 2.20 bits per heavy atom. The number of carbonyl (C=O) groups excluding carboxylic acids is 1. The second-order valence-electron chi connectivity index (χ2n) is 3.98. The lowest BCUT2D eigenvalue weighted by Gasteiger charge is -2.01. The summed E-state index contributed by atoms with van der Waals surface area (Å²) in [4.78, 5) is 12.1. The van der Waals surface area contributed by atoms with Gasteiger partial charge in [0, 0.05) is 15.7 Å². The fourth-order valence-corrected chi connectivity index (χ4v) is 2.15. The van der Waals surface area contributed by atoms with E-state index in [1.165, 1.54) is 0 Å². The van der Waals surface area contributed by atoms with Gasteiger partial charge in [-0.3, -0.25) is 4.79 Å². The molecule has 4 nitrogen and oxygen atoms in total. The van der Waals surface area contributed by atoms with E-state index < -0.39 is 0 Å². The summed E-state index contributed by atoms with van der Waals surface area (Å²) in [5.41, 5.74) is 0.442. The van der Waals surface area contributed by atoms with Crippen LogP contribution in [-0.4, -0.2) is 15.6 Å². The summed E-state index contributed by atoms with van der Waals surface area (Å²) in [7, 11) is 0. The molecule has 7 heteroatoms. The molecule has 0 saturated carbocycles. The summed E-state index contributed by atoms with van der Waals surface area (Å²) < 4.78 is 3.38. The van der Waals surface area contributed by atoms with Crippen LogP contribution < -0.4 is 21.5 Å². The maximum Gasteiger partial charge on any atom is 0.265 e. The van der Waals surface area contributed by atoms with Gasteiger partial charge in [-0.15, -0.1) is 4.68 Å². The van der Waals surface area contributed by atoms with Crippen LogP contribution in [0.5, 0.6) is 0 Å². The van der Waals surface area contributed by atoms with Crippen LogP contribution in [-0.2, 0) is 13.1 Å². The number of benzene rings is 1. The van der Waals surface area contributed by atoms with Crippen LogP contribution in [0, 0.1) is 0 Å². The van der Waals surface area contributed by atoms with Crippen LogP contribution in [0.2, 0.25) is 10.0 Å². The molecule has 0 radical (unpaired) electrons. The molecule has 0 bridgehead atoms. The quantitative estimate of drug-likeness (QED) is 0.403. The SMILES string of the molecule is C=CC[n+]1cnn(CC(=O)c2ccc(Cl)cc2Cl)c1.[Br-]. The molecule has 1 aromatic heterocycles. The molecule has 0 unspecified atom stereocenters. The number of nitrogens with zero attached hydrogens (tertiary/aromatic N) is 3. The van der Waals surface area contributed by atoms with Crippen molar-refractivity contribution in [1.82, 2.24) is 9.78 Å². The Labute approximate surface area is 137 Å². The summed E-state index contributed by atoms with van der Waals surface area (Å²) in [6, 6.07) is 4.81. The minimum absolute atomic E-state index is 0. The van der Waals surface area contributed by atoms with Crippen molar-refractivity contribution >= 4 is 29.0 Å². The highest BCUT2D eigenvalue weighted by Crippen LogP contribution is 2.21. The van der Waals surface area contributed by atoms with E-state index in [2.05, 4.69) is 11.7 Å². The maximum atomic E-state index is 12.1. The Kier molecular flexibility index (Phi) is 6.39. The Morgan fingerprint density at radius 1 is 1.45 bits per heavy atom. The Hall–Kier alpha value is -1.17. The highest BCUT2D eigenvalue weighted by molar-refractivity contribution is 6.36. The number of hydrogen-bond acceptors (Lipinski definition) is 2. The number of Topliss-reactive ketones (excluding diaryl/α,β-unsaturated/α-hetero) is 1. The van der Waals surface area contributed by atoms with Gasteiger partial charge in [0.25, 0.3) is 6.33 Å². The Bertz CT molecular complexity index is 628. The Morgan fingerprint density at radius 3 is 2.85 bits per heavy atom. The van der Waals surface area contributed by atoms with Gasteiger partial charge >= 0.3 is 0 Å². The predicted molar refractivity (Wildman–Crippen MR) is 73.4 cm³/mol. The van der Waals surface area contributed by atoms with Gasteiger partial charge in [-0.05, 0) is 18.2 Å². The van der Waals surface area contributed by atoms with Crippen LogP contribution in [0.1, 0.15) is 10.4 Å². The topological polar surface area (TPSA) is 38.8 Å². The van der Waals surface area contributed by atoms with E-state index in [1.807, 2.05) is 4.57 Å². The molecule has 0 aliphatic rings. The zero-order chi connectivity index (χ0) is 13.8. The predicted octanol–water partition coefficient (Wildman–Crippen LogP) is -0.450. The minimum Gasteiger partial charge on any atom is -1.00 e. The molecule has 0 fully saturated rings. The number of allylic oxidation sites excluding steroid dienone is 1. The lowest BCUT2D eigenvalue weighted by molar-refractivity contribution is -0.687. The summed E-state index contributed by atoms with van der Waals surface area (Å²) >= 11 is 11.8. The molecule has 0 atom stereocenters. The number of carbonyl (C=O) groups is 1. The molecule has 1 aromatic carbocycles. The number of halogens is 3.